The molecule has 0 spiro atoms. The van der Waals surface area contributed by atoms with E-state index in [0.29, 0.717) is 0 Å². The van der Waals surface area contributed by atoms with Crippen molar-refractivity contribution in [1.82, 2.24) is 4.98 Å². The smallest absolute Gasteiger partial charge is 0.356 e. The number of pyridine rings is 1. The maximum Gasteiger partial charge on any atom is 0.356 e. The number of aromatic carboxylic acids is 1. The van der Waals surface area contributed by atoms with Crippen molar-refractivity contribution in [2.24, 2.45) is 0 Å². The second-order valence-electron chi connectivity index (χ2n) is 2.52. The van der Waals surface area contributed by atoms with Gasteiger partial charge in [0.25, 0.3) is 6.43 Å². The van der Waals surface area contributed by atoms with Crippen molar-refractivity contribution in [2.75, 3.05) is 7.11 Å². The number of carboxylic acids is 1. The number of ether oxygens (including phenoxy) is 1. The predicted octanol–water partition coefficient (Wildman–Crippen LogP) is 2.38. The minimum atomic E-state index is -2.83. The van der Waals surface area contributed by atoms with Gasteiger partial charge in [0.15, 0.2) is 5.69 Å². The van der Waals surface area contributed by atoms with Gasteiger partial charge < -0.3 is 9.84 Å². The van der Waals surface area contributed by atoms with Gasteiger partial charge in [0.1, 0.15) is 10.8 Å². The van der Waals surface area contributed by atoms with Gasteiger partial charge in [-0.1, -0.05) is 11.6 Å². The first-order valence-corrected chi connectivity index (χ1v) is 4.10. The molecule has 0 unspecified atom stereocenters. The first-order valence-electron chi connectivity index (χ1n) is 3.72. The molecule has 15 heavy (non-hydrogen) atoms. The first-order chi connectivity index (χ1) is 6.99. The maximum atomic E-state index is 12.4. The number of methoxy groups -OCH3 is 1. The Morgan fingerprint density at radius 1 is 1.67 bits per heavy atom. The molecule has 1 rings (SSSR count). The largest absolute Gasteiger partial charge is 0.495 e. The monoisotopic (exact) mass is 237 g/mol. The molecule has 4 nitrogen and oxygen atoms in total. The van der Waals surface area contributed by atoms with E-state index < -0.39 is 28.7 Å². The molecule has 0 fully saturated rings. The number of carboxylic acid groups (broad SMARTS) is 1. The lowest BCUT2D eigenvalue weighted by molar-refractivity contribution is 0.0689. The second-order valence-corrected chi connectivity index (χ2v) is 2.89. The highest BCUT2D eigenvalue weighted by Crippen LogP contribution is 2.35. The van der Waals surface area contributed by atoms with E-state index in [2.05, 4.69) is 9.72 Å². The molecule has 0 aliphatic rings. The number of carbonyl (C=O) groups is 1. The van der Waals surface area contributed by atoms with Crippen LogP contribution in [0.2, 0.25) is 5.02 Å². The summed E-state index contributed by atoms with van der Waals surface area (Å²) in [6.45, 7) is 0. The van der Waals surface area contributed by atoms with Gasteiger partial charge in [0.05, 0.1) is 12.7 Å². The van der Waals surface area contributed by atoms with E-state index in [1.54, 1.807) is 0 Å². The van der Waals surface area contributed by atoms with Crippen molar-refractivity contribution in [3.63, 3.8) is 0 Å². The standard InChI is InChI=1S/C8H6ClF2NO3/c1-15-6-3(7(10)11)2-12-5(4(6)9)8(13)14/h2,7H,1H3,(H,13,14). The summed E-state index contributed by atoms with van der Waals surface area (Å²) in [5.74, 6) is -1.77. The number of rotatable bonds is 3. The molecule has 0 radical (unpaired) electrons. The van der Waals surface area contributed by atoms with E-state index in [-0.39, 0.29) is 5.75 Å². The zero-order valence-electron chi connectivity index (χ0n) is 7.50. The van der Waals surface area contributed by atoms with Crippen molar-refractivity contribution in [3.05, 3.63) is 22.5 Å². The van der Waals surface area contributed by atoms with Crippen LogP contribution in [0.4, 0.5) is 8.78 Å². The van der Waals surface area contributed by atoms with Gasteiger partial charge in [-0.2, -0.15) is 0 Å². The number of nitrogens with zero attached hydrogens (tertiary/aromatic N) is 1. The molecule has 1 aromatic rings. The van der Waals surface area contributed by atoms with Crippen LogP contribution in [-0.4, -0.2) is 23.2 Å². The number of halogens is 3. The predicted molar refractivity (Wildman–Crippen MR) is 47.7 cm³/mol. The Morgan fingerprint density at radius 2 is 2.27 bits per heavy atom. The zero-order chi connectivity index (χ0) is 11.6. The van der Waals surface area contributed by atoms with Crippen molar-refractivity contribution in [2.45, 2.75) is 6.43 Å². The van der Waals surface area contributed by atoms with Crippen LogP contribution in [0.1, 0.15) is 22.5 Å². The first kappa shape index (κ1) is 11.6. The van der Waals surface area contributed by atoms with Crippen molar-refractivity contribution >= 4 is 17.6 Å². The highest BCUT2D eigenvalue weighted by molar-refractivity contribution is 6.34. The third-order valence-electron chi connectivity index (χ3n) is 1.64. The molecule has 0 aliphatic carbocycles. The van der Waals surface area contributed by atoms with Crippen molar-refractivity contribution in [3.8, 4) is 5.75 Å². The van der Waals surface area contributed by atoms with E-state index in [1.807, 2.05) is 0 Å². The molecule has 7 heteroatoms. The van der Waals surface area contributed by atoms with Crippen LogP contribution < -0.4 is 4.74 Å². The summed E-state index contributed by atoms with van der Waals surface area (Å²) < 4.78 is 29.4. The van der Waals surface area contributed by atoms with Gasteiger partial charge in [0, 0.05) is 6.20 Å². The molecule has 82 valence electrons. The van der Waals surface area contributed by atoms with Crippen LogP contribution in [0.15, 0.2) is 6.20 Å². The minimum Gasteiger partial charge on any atom is -0.495 e. The summed E-state index contributed by atoms with van der Waals surface area (Å²) in [4.78, 5) is 13.9. The Balaban J connectivity index is 3.39. The van der Waals surface area contributed by atoms with Gasteiger partial charge in [-0.3, -0.25) is 0 Å². The fourth-order valence-electron chi connectivity index (χ4n) is 0.996. The number of hydrogen-bond donors (Lipinski definition) is 1. The third kappa shape index (κ3) is 2.15. The quantitative estimate of drug-likeness (QED) is 0.877. The van der Waals surface area contributed by atoms with Crippen LogP contribution in [0.3, 0.4) is 0 Å². The van der Waals surface area contributed by atoms with E-state index in [4.69, 9.17) is 16.7 Å². The topological polar surface area (TPSA) is 59.4 Å². The van der Waals surface area contributed by atoms with E-state index in [9.17, 15) is 13.6 Å². The lowest BCUT2D eigenvalue weighted by Crippen LogP contribution is -2.05. The molecular formula is C8H6ClF2NO3. The lowest BCUT2D eigenvalue weighted by atomic mass is 10.2. The van der Waals surface area contributed by atoms with E-state index in [1.165, 1.54) is 0 Å². The summed E-state index contributed by atoms with van der Waals surface area (Å²) in [5, 5.41) is 8.20. The zero-order valence-corrected chi connectivity index (χ0v) is 8.26. The maximum absolute atomic E-state index is 12.4. The Hall–Kier alpha value is -1.43. The van der Waals surface area contributed by atoms with Gasteiger partial charge in [-0.25, -0.2) is 18.6 Å². The van der Waals surface area contributed by atoms with Crippen LogP contribution in [0.5, 0.6) is 5.75 Å². The Bertz CT molecular complexity index is 398. The Morgan fingerprint density at radius 3 is 2.67 bits per heavy atom. The molecule has 0 amide bonds. The van der Waals surface area contributed by atoms with E-state index >= 15 is 0 Å². The fraction of sp³-hybridized carbons (Fsp3) is 0.250. The molecule has 1 N–H and O–H groups in total. The number of aromatic nitrogens is 1. The van der Waals surface area contributed by atoms with Crippen LogP contribution in [-0.2, 0) is 0 Å². The molecular weight excluding hydrogens is 232 g/mol. The van der Waals surface area contributed by atoms with Crippen LogP contribution in [0, 0.1) is 0 Å². The molecule has 0 aliphatic heterocycles. The summed E-state index contributed by atoms with van der Waals surface area (Å²) in [5.41, 5.74) is -1.05. The lowest BCUT2D eigenvalue weighted by Gasteiger charge is -2.10. The van der Waals surface area contributed by atoms with Gasteiger partial charge in [-0.15, -0.1) is 0 Å². The Labute approximate surface area is 88.4 Å². The summed E-state index contributed by atoms with van der Waals surface area (Å²) in [6.07, 6.45) is -2.09. The van der Waals surface area contributed by atoms with Crippen molar-refractivity contribution in [1.29, 1.82) is 0 Å². The Kier molecular flexibility index (Phi) is 3.41. The molecule has 0 saturated carbocycles. The molecule has 0 saturated heterocycles. The third-order valence-corrected chi connectivity index (χ3v) is 1.99. The normalized spacial score (nSPS) is 10.5. The molecule has 1 heterocycles. The molecule has 0 atom stereocenters. The van der Waals surface area contributed by atoms with Crippen LogP contribution >= 0.6 is 11.6 Å². The van der Waals surface area contributed by atoms with Crippen molar-refractivity contribution < 1.29 is 23.4 Å². The summed E-state index contributed by atoms with van der Waals surface area (Å²) in [7, 11) is 1.12. The van der Waals surface area contributed by atoms with Gasteiger partial charge in [0.2, 0.25) is 0 Å². The average Bonchev–Trinajstić information content (AvgIpc) is 2.16. The molecule has 0 aromatic carbocycles. The SMILES string of the molecule is COc1c(C(F)F)cnc(C(=O)O)c1Cl. The average molecular weight is 238 g/mol. The van der Waals surface area contributed by atoms with Gasteiger partial charge in [-0.05, 0) is 0 Å². The highest BCUT2D eigenvalue weighted by atomic mass is 35.5. The fourth-order valence-corrected chi connectivity index (χ4v) is 1.31. The molecule has 1 aromatic heterocycles. The van der Waals surface area contributed by atoms with E-state index in [0.717, 1.165) is 13.3 Å². The van der Waals surface area contributed by atoms with Crippen LogP contribution in [0.25, 0.3) is 0 Å². The molecule has 0 bridgehead atoms. The summed E-state index contributed by atoms with van der Waals surface area (Å²) >= 11 is 5.55. The number of alkyl halides is 2. The number of hydrogen-bond acceptors (Lipinski definition) is 3. The minimum absolute atomic E-state index is 0.362. The second kappa shape index (κ2) is 4.39. The van der Waals surface area contributed by atoms with Gasteiger partial charge >= 0.3 is 5.97 Å². The highest BCUT2D eigenvalue weighted by Gasteiger charge is 2.22. The summed E-state index contributed by atoms with van der Waals surface area (Å²) in [6, 6.07) is 0.